The summed E-state index contributed by atoms with van der Waals surface area (Å²) in [5.41, 5.74) is 1.36. The van der Waals surface area contributed by atoms with Crippen molar-refractivity contribution >= 4 is 11.8 Å². The third kappa shape index (κ3) is 5.79. The van der Waals surface area contributed by atoms with Gasteiger partial charge in [0, 0.05) is 26.4 Å². The third-order valence-electron chi connectivity index (χ3n) is 3.04. The first kappa shape index (κ1) is 15.3. The molecule has 0 saturated heterocycles. The monoisotopic (exact) mass is 286 g/mol. The molecule has 1 aromatic heterocycles. The summed E-state index contributed by atoms with van der Waals surface area (Å²) in [5, 5.41) is 6.44. The molecule has 1 heterocycles. The number of benzene rings is 1. The van der Waals surface area contributed by atoms with E-state index < -0.39 is 0 Å². The van der Waals surface area contributed by atoms with Gasteiger partial charge in [0.05, 0.1) is 6.61 Å². The highest BCUT2D eigenvalue weighted by Gasteiger charge is 1.98. The fourth-order valence-electron chi connectivity index (χ4n) is 1.96. The highest BCUT2D eigenvalue weighted by Crippen LogP contribution is 2.07. The van der Waals surface area contributed by atoms with Crippen LogP contribution in [0.2, 0.25) is 0 Å². The summed E-state index contributed by atoms with van der Waals surface area (Å²) in [5.74, 6) is 1.47. The van der Waals surface area contributed by atoms with Gasteiger partial charge in [-0.15, -0.1) is 0 Å². The summed E-state index contributed by atoms with van der Waals surface area (Å²) >= 11 is 0. The van der Waals surface area contributed by atoms with Crippen LogP contribution < -0.4 is 10.6 Å². The molecular formula is C16H22N4O. The van der Waals surface area contributed by atoms with Crippen molar-refractivity contribution in [1.29, 1.82) is 0 Å². The maximum absolute atomic E-state index is 4.98. The van der Waals surface area contributed by atoms with Gasteiger partial charge < -0.3 is 15.4 Å². The summed E-state index contributed by atoms with van der Waals surface area (Å²) in [6, 6.07) is 12.4. The SMILES string of the molecule is COCCNc1nccc(NCCCc2ccccc2)n1. The van der Waals surface area contributed by atoms with Crippen LogP contribution in [0.25, 0.3) is 0 Å². The Hall–Kier alpha value is -2.14. The lowest BCUT2D eigenvalue weighted by molar-refractivity contribution is 0.210. The molecule has 0 aliphatic carbocycles. The lowest BCUT2D eigenvalue weighted by atomic mass is 10.1. The molecule has 21 heavy (non-hydrogen) atoms. The van der Waals surface area contributed by atoms with E-state index in [0.717, 1.165) is 25.2 Å². The van der Waals surface area contributed by atoms with Crippen molar-refractivity contribution in [3.05, 3.63) is 48.2 Å². The van der Waals surface area contributed by atoms with Crippen LogP contribution in [0.5, 0.6) is 0 Å². The molecule has 5 heteroatoms. The number of hydrogen-bond acceptors (Lipinski definition) is 5. The molecule has 1 aromatic carbocycles. The first-order chi connectivity index (χ1) is 10.4. The number of nitrogens with one attached hydrogen (secondary N) is 2. The van der Waals surface area contributed by atoms with E-state index in [0.29, 0.717) is 19.1 Å². The molecule has 0 unspecified atom stereocenters. The molecule has 112 valence electrons. The molecule has 5 nitrogen and oxygen atoms in total. The van der Waals surface area contributed by atoms with Gasteiger partial charge in [-0.25, -0.2) is 4.98 Å². The van der Waals surface area contributed by atoms with E-state index in [2.05, 4.69) is 44.9 Å². The first-order valence-corrected chi connectivity index (χ1v) is 7.22. The molecule has 0 bridgehead atoms. The third-order valence-corrected chi connectivity index (χ3v) is 3.04. The van der Waals surface area contributed by atoms with Crippen LogP contribution in [-0.2, 0) is 11.2 Å². The van der Waals surface area contributed by atoms with Crippen LogP contribution in [0.4, 0.5) is 11.8 Å². The molecule has 0 aliphatic rings. The number of ether oxygens (including phenoxy) is 1. The Morgan fingerprint density at radius 3 is 2.71 bits per heavy atom. The van der Waals surface area contributed by atoms with Gasteiger partial charge in [0.25, 0.3) is 0 Å². The zero-order valence-electron chi connectivity index (χ0n) is 12.4. The molecule has 0 atom stereocenters. The minimum Gasteiger partial charge on any atom is -0.383 e. The Labute approximate surface area is 125 Å². The summed E-state index contributed by atoms with van der Waals surface area (Å²) < 4.78 is 4.98. The molecule has 2 aromatic rings. The second-order valence-electron chi connectivity index (χ2n) is 4.70. The van der Waals surface area contributed by atoms with Crippen LogP contribution in [0.1, 0.15) is 12.0 Å². The van der Waals surface area contributed by atoms with E-state index in [-0.39, 0.29) is 0 Å². The van der Waals surface area contributed by atoms with E-state index >= 15 is 0 Å². The molecular weight excluding hydrogens is 264 g/mol. The van der Waals surface area contributed by atoms with Crippen LogP contribution in [0.3, 0.4) is 0 Å². The number of aryl methyl sites for hydroxylation is 1. The maximum atomic E-state index is 4.98. The molecule has 2 rings (SSSR count). The standard InChI is InChI=1S/C16H22N4O/c1-21-13-12-19-16-18-11-9-15(20-16)17-10-5-8-14-6-3-2-4-7-14/h2-4,6-7,9,11H,5,8,10,12-13H2,1H3,(H2,17,18,19,20). The lowest BCUT2D eigenvalue weighted by Crippen LogP contribution is -2.11. The Balaban J connectivity index is 1.71. The summed E-state index contributed by atoms with van der Waals surface area (Å²) in [7, 11) is 1.67. The zero-order chi connectivity index (χ0) is 14.8. The predicted molar refractivity (Wildman–Crippen MR) is 85.7 cm³/mol. The Kier molecular flexibility index (Phi) is 6.48. The van der Waals surface area contributed by atoms with Gasteiger partial charge in [-0.05, 0) is 24.5 Å². The van der Waals surface area contributed by atoms with Crippen molar-refractivity contribution in [2.45, 2.75) is 12.8 Å². The fraction of sp³-hybridized carbons (Fsp3) is 0.375. The van der Waals surface area contributed by atoms with E-state index in [1.807, 2.05) is 12.1 Å². The number of rotatable bonds is 9. The largest absolute Gasteiger partial charge is 0.383 e. The van der Waals surface area contributed by atoms with Crippen molar-refractivity contribution in [2.75, 3.05) is 37.4 Å². The molecule has 2 N–H and O–H groups in total. The van der Waals surface area contributed by atoms with Gasteiger partial charge in [-0.3, -0.25) is 0 Å². The molecule has 0 spiro atoms. The van der Waals surface area contributed by atoms with Crippen LogP contribution in [0.15, 0.2) is 42.6 Å². The second-order valence-corrected chi connectivity index (χ2v) is 4.70. The van der Waals surface area contributed by atoms with Gasteiger partial charge in [0.15, 0.2) is 0 Å². The van der Waals surface area contributed by atoms with Crippen molar-refractivity contribution in [1.82, 2.24) is 9.97 Å². The average Bonchev–Trinajstić information content (AvgIpc) is 2.53. The second kappa shape index (κ2) is 8.92. The average molecular weight is 286 g/mol. The Morgan fingerprint density at radius 1 is 1.05 bits per heavy atom. The van der Waals surface area contributed by atoms with E-state index in [1.165, 1.54) is 5.56 Å². The summed E-state index contributed by atoms with van der Waals surface area (Å²) in [6.07, 6.45) is 3.89. The molecule has 0 fully saturated rings. The van der Waals surface area contributed by atoms with Crippen LogP contribution in [-0.4, -0.2) is 36.8 Å². The van der Waals surface area contributed by atoms with Gasteiger partial charge in [0.1, 0.15) is 5.82 Å². The highest BCUT2D eigenvalue weighted by molar-refractivity contribution is 5.39. The number of aromatic nitrogens is 2. The number of hydrogen-bond donors (Lipinski definition) is 2. The predicted octanol–water partition coefficient (Wildman–Crippen LogP) is 2.58. The van der Waals surface area contributed by atoms with Crippen molar-refractivity contribution < 1.29 is 4.74 Å². The van der Waals surface area contributed by atoms with E-state index in [9.17, 15) is 0 Å². The molecule has 0 saturated carbocycles. The highest BCUT2D eigenvalue weighted by atomic mass is 16.5. The number of methoxy groups -OCH3 is 1. The number of nitrogens with zero attached hydrogens (tertiary/aromatic N) is 2. The Bertz CT molecular complexity index is 519. The van der Waals surface area contributed by atoms with Crippen molar-refractivity contribution in [2.24, 2.45) is 0 Å². The van der Waals surface area contributed by atoms with Gasteiger partial charge in [-0.1, -0.05) is 30.3 Å². The molecule has 0 aliphatic heterocycles. The lowest BCUT2D eigenvalue weighted by Gasteiger charge is -2.08. The smallest absolute Gasteiger partial charge is 0.224 e. The minimum absolute atomic E-state index is 0.625. The van der Waals surface area contributed by atoms with Crippen molar-refractivity contribution in [3.63, 3.8) is 0 Å². The van der Waals surface area contributed by atoms with E-state index in [1.54, 1.807) is 13.3 Å². The van der Waals surface area contributed by atoms with Gasteiger partial charge in [0.2, 0.25) is 5.95 Å². The molecule has 0 amide bonds. The minimum atomic E-state index is 0.625. The van der Waals surface area contributed by atoms with Crippen molar-refractivity contribution in [3.8, 4) is 0 Å². The topological polar surface area (TPSA) is 59.1 Å². The normalized spacial score (nSPS) is 10.3. The Morgan fingerprint density at radius 2 is 1.90 bits per heavy atom. The quantitative estimate of drug-likeness (QED) is 0.694. The maximum Gasteiger partial charge on any atom is 0.224 e. The van der Waals surface area contributed by atoms with E-state index in [4.69, 9.17) is 4.74 Å². The summed E-state index contributed by atoms with van der Waals surface area (Å²) in [6.45, 7) is 2.23. The van der Waals surface area contributed by atoms with Gasteiger partial charge >= 0.3 is 0 Å². The van der Waals surface area contributed by atoms with Crippen LogP contribution in [0, 0.1) is 0 Å². The fourth-order valence-corrected chi connectivity index (χ4v) is 1.96. The summed E-state index contributed by atoms with van der Waals surface area (Å²) in [4.78, 5) is 8.57. The zero-order valence-corrected chi connectivity index (χ0v) is 12.4. The first-order valence-electron chi connectivity index (χ1n) is 7.22. The molecule has 0 radical (unpaired) electrons. The number of anilines is 2. The van der Waals surface area contributed by atoms with Crippen LogP contribution >= 0.6 is 0 Å². The van der Waals surface area contributed by atoms with Gasteiger partial charge in [-0.2, -0.15) is 4.98 Å².